The molecule has 140 valence electrons. The number of hydrogen-bond acceptors (Lipinski definition) is 4. The lowest BCUT2D eigenvalue weighted by atomic mass is 9.88. The predicted molar refractivity (Wildman–Crippen MR) is 104 cm³/mol. The third kappa shape index (κ3) is 4.71. The van der Waals surface area contributed by atoms with Crippen LogP contribution in [-0.2, 0) is 15.6 Å². The fourth-order valence-corrected chi connectivity index (χ4v) is 3.86. The summed E-state index contributed by atoms with van der Waals surface area (Å²) in [4.78, 5) is 12.7. The van der Waals surface area contributed by atoms with Gasteiger partial charge in [0.25, 0.3) is 5.91 Å². The molecule has 0 saturated carbocycles. The van der Waals surface area contributed by atoms with E-state index in [9.17, 15) is 13.2 Å². The molecule has 0 bridgehead atoms. The number of sulfone groups is 1. The minimum absolute atomic E-state index is 0.106. The predicted octanol–water partition coefficient (Wildman–Crippen LogP) is 2.76. The summed E-state index contributed by atoms with van der Waals surface area (Å²) in [5.74, 6) is -0.296. The second-order valence-electron chi connectivity index (χ2n) is 7.00. The van der Waals surface area contributed by atoms with Gasteiger partial charge < -0.3 is 11.1 Å². The first-order chi connectivity index (χ1) is 12.2. The van der Waals surface area contributed by atoms with E-state index in [4.69, 9.17) is 5.73 Å². The largest absolute Gasteiger partial charge is 0.345 e. The summed E-state index contributed by atoms with van der Waals surface area (Å²) < 4.78 is 25.3. The van der Waals surface area contributed by atoms with E-state index in [-0.39, 0.29) is 22.5 Å². The van der Waals surface area contributed by atoms with Gasteiger partial charge in [-0.05, 0) is 36.6 Å². The van der Waals surface area contributed by atoms with Gasteiger partial charge in [0, 0.05) is 12.1 Å². The Bertz CT molecular complexity index is 864. The Hall–Kier alpha value is -2.18. The van der Waals surface area contributed by atoms with Gasteiger partial charge in [-0.3, -0.25) is 4.79 Å². The van der Waals surface area contributed by atoms with E-state index in [1.165, 1.54) is 12.1 Å². The van der Waals surface area contributed by atoms with Crippen LogP contribution in [0.15, 0.2) is 59.5 Å². The Morgan fingerprint density at radius 3 is 2.35 bits per heavy atom. The molecule has 0 fully saturated rings. The summed E-state index contributed by atoms with van der Waals surface area (Å²) in [6.07, 6.45) is 0. The Morgan fingerprint density at radius 2 is 1.77 bits per heavy atom. The van der Waals surface area contributed by atoms with E-state index in [1.807, 2.05) is 26.8 Å². The zero-order valence-corrected chi connectivity index (χ0v) is 16.2. The highest BCUT2D eigenvalue weighted by Gasteiger charge is 2.29. The molecule has 0 aliphatic rings. The van der Waals surface area contributed by atoms with Gasteiger partial charge in [-0.15, -0.1) is 0 Å². The van der Waals surface area contributed by atoms with Gasteiger partial charge in [-0.1, -0.05) is 50.2 Å². The first kappa shape index (κ1) is 20.1. The molecular formula is C20H26N2O3S. The van der Waals surface area contributed by atoms with E-state index in [2.05, 4.69) is 5.32 Å². The van der Waals surface area contributed by atoms with Crippen LogP contribution in [0.1, 0.15) is 36.7 Å². The molecule has 1 amide bonds. The van der Waals surface area contributed by atoms with Gasteiger partial charge in [-0.25, -0.2) is 8.42 Å². The number of carbonyl (C=O) groups excluding carboxylic acids is 1. The third-order valence-electron chi connectivity index (χ3n) is 4.75. The van der Waals surface area contributed by atoms with Gasteiger partial charge in [-0.2, -0.15) is 0 Å². The molecule has 0 aliphatic carbocycles. The number of nitrogens with one attached hydrogen (secondary N) is 1. The van der Waals surface area contributed by atoms with E-state index < -0.39 is 15.4 Å². The summed E-state index contributed by atoms with van der Waals surface area (Å²) in [7, 11) is -3.54. The molecule has 2 aromatic carbocycles. The molecule has 0 spiro atoms. The molecule has 6 heteroatoms. The summed E-state index contributed by atoms with van der Waals surface area (Å²) in [5, 5.41) is 2.93. The molecule has 2 aromatic rings. The molecular weight excluding hydrogens is 348 g/mol. The second-order valence-corrected chi connectivity index (χ2v) is 8.99. The topological polar surface area (TPSA) is 89.3 Å². The molecule has 3 N–H and O–H groups in total. The highest BCUT2D eigenvalue weighted by Crippen LogP contribution is 2.20. The minimum Gasteiger partial charge on any atom is -0.345 e. The Kier molecular flexibility index (Phi) is 6.21. The summed E-state index contributed by atoms with van der Waals surface area (Å²) in [6, 6.07) is 15.1. The molecule has 0 saturated heterocycles. The average molecular weight is 375 g/mol. The number of hydrogen-bond donors (Lipinski definition) is 2. The van der Waals surface area contributed by atoms with E-state index in [0.717, 1.165) is 0 Å². The minimum atomic E-state index is -3.54. The maximum absolute atomic E-state index is 12.7. The van der Waals surface area contributed by atoms with Crippen LogP contribution in [0.3, 0.4) is 0 Å². The van der Waals surface area contributed by atoms with Crippen LogP contribution in [0.25, 0.3) is 0 Å². The lowest BCUT2D eigenvalue weighted by molar-refractivity contribution is 0.0883. The molecule has 5 nitrogen and oxygen atoms in total. The van der Waals surface area contributed by atoms with E-state index in [1.54, 1.807) is 36.4 Å². The van der Waals surface area contributed by atoms with Gasteiger partial charge in [0.15, 0.2) is 9.84 Å². The number of carbonyl (C=O) groups is 1. The van der Waals surface area contributed by atoms with Crippen LogP contribution in [-0.4, -0.2) is 26.4 Å². The van der Waals surface area contributed by atoms with Crippen LogP contribution in [0.4, 0.5) is 0 Å². The van der Waals surface area contributed by atoms with Crippen molar-refractivity contribution in [3.63, 3.8) is 0 Å². The standard InChI is InChI=1S/C20H26N2O3S/c1-15(2)20(3,14-21)22-19(23)17-10-7-11-18(12-17)26(24,25)13-16-8-5-4-6-9-16/h4-12,15H,13-14,21H2,1-3H3,(H,22,23). The van der Waals surface area contributed by atoms with Crippen molar-refractivity contribution in [1.29, 1.82) is 0 Å². The first-order valence-electron chi connectivity index (χ1n) is 8.57. The van der Waals surface area contributed by atoms with Crippen molar-refractivity contribution in [2.75, 3.05) is 6.54 Å². The maximum Gasteiger partial charge on any atom is 0.251 e. The molecule has 26 heavy (non-hydrogen) atoms. The quantitative estimate of drug-likeness (QED) is 0.780. The lowest BCUT2D eigenvalue weighted by Crippen LogP contribution is -2.55. The van der Waals surface area contributed by atoms with Crippen molar-refractivity contribution in [2.45, 2.75) is 37.0 Å². The summed E-state index contributed by atoms with van der Waals surface area (Å²) in [6.45, 7) is 6.13. The zero-order valence-electron chi connectivity index (χ0n) is 15.4. The SMILES string of the molecule is CC(C)C(C)(CN)NC(=O)c1cccc(S(=O)(=O)Cc2ccccc2)c1. The number of benzene rings is 2. The molecule has 1 unspecified atom stereocenters. The average Bonchev–Trinajstić information content (AvgIpc) is 2.62. The van der Waals surface area contributed by atoms with Crippen molar-refractivity contribution in [3.05, 3.63) is 65.7 Å². The fraction of sp³-hybridized carbons (Fsp3) is 0.350. The summed E-state index contributed by atoms with van der Waals surface area (Å²) in [5.41, 5.74) is 6.26. The van der Waals surface area contributed by atoms with Gasteiger partial charge >= 0.3 is 0 Å². The van der Waals surface area contributed by atoms with Gasteiger partial charge in [0.2, 0.25) is 0 Å². The highest BCUT2D eigenvalue weighted by molar-refractivity contribution is 7.90. The van der Waals surface area contributed by atoms with Crippen molar-refractivity contribution in [2.24, 2.45) is 11.7 Å². The molecule has 0 aromatic heterocycles. The summed E-state index contributed by atoms with van der Waals surface area (Å²) >= 11 is 0. The van der Waals surface area contributed by atoms with Crippen LogP contribution in [0.2, 0.25) is 0 Å². The number of rotatable bonds is 7. The molecule has 0 radical (unpaired) electrons. The lowest BCUT2D eigenvalue weighted by Gasteiger charge is -2.33. The highest BCUT2D eigenvalue weighted by atomic mass is 32.2. The monoisotopic (exact) mass is 374 g/mol. The van der Waals surface area contributed by atoms with Crippen molar-refractivity contribution < 1.29 is 13.2 Å². The van der Waals surface area contributed by atoms with Gasteiger partial charge in [0.05, 0.1) is 16.2 Å². The van der Waals surface area contributed by atoms with Gasteiger partial charge in [0.1, 0.15) is 0 Å². The van der Waals surface area contributed by atoms with Crippen LogP contribution in [0, 0.1) is 5.92 Å². The maximum atomic E-state index is 12.7. The molecule has 0 heterocycles. The van der Waals surface area contributed by atoms with E-state index in [0.29, 0.717) is 17.7 Å². The van der Waals surface area contributed by atoms with Crippen LogP contribution in [0.5, 0.6) is 0 Å². The Labute approximate surface area is 155 Å². The molecule has 1 atom stereocenters. The van der Waals surface area contributed by atoms with Crippen LogP contribution >= 0.6 is 0 Å². The Balaban J connectivity index is 2.26. The normalized spacial score (nSPS) is 14.0. The molecule has 0 aliphatic heterocycles. The van der Waals surface area contributed by atoms with Crippen molar-refractivity contribution >= 4 is 15.7 Å². The Morgan fingerprint density at radius 1 is 1.12 bits per heavy atom. The smallest absolute Gasteiger partial charge is 0.251 e. The van der Waals surface area contributed by atoms with Crippen molar-refractivity contribution in [3.8, 4) is 0 Å². The zero-order chi connectivity index (χ0) is 19.4. The first-order valence-corrected chi connectivity index (χ1v) is 10.2. The number of amides is 1. The third-order valence-corrected chi connectivity index (χ3v) is 6.44. The second kappa shape index (κ2) is 8.01. The molecule has 2 rings (SSSR count). The van der Waals surface area contributed by atoms with Crippen molar-refractivity contribution in [1.82, 2.24) is 5.32 Å². The van der Waals surface area contributed by atoms with E-state index >= 15 is 0 Å². The van der Waals surface area contributed by atoms with Crippen LogP contribution < -0.4 is 11.1 Å². The fourth-order valence-electron chi connectivity index (χ4n) is 2.47. The number of nitrogens with two attached hydrogens (primary N) is 1.